The fraction of sp³-hybridized carbons (Fsp3) is 0.667. The molecule has 5 heteroatoms. The van der Waals surface area contributed by atoms with E-state index < -0.39 is 24.2 Å². The van der Waals surface area contributed by atoms with Gasteiger partial charge >= 0.3 is 5.97 Å². The minimum atomic E-state index is -2.75. The lowest BCUT2D eigenvalue weighted by molar-refractivity contribution is -0.153. The van der Waals surface area contributed by atoms with Crippen molar-refractivity contribution in [3.63, 3.8) is 0 Å². The van der Waals surface area contributed by atoms with Gasteiger partial charge in [0.2, 0.25) is 0 Å². The van der Waals surface area contributed by atoms with Gasteiger partial charge in [-0.1, -0.05) is 31.4 Å². The Labute approximate surface area is 155 Å². The molecule has 1 aromatic rings. The van der Waals surface area contributed by atoms with Crippen LogP contribution < -0.4 is 4.74 Å². The first-order valence-electron chi connectivity index (χ1n) is 9.38. The van der Waals surface area contributed by atoms with Crippen molar-refractivity contribution in [2.45, 2.75) is 70.8 Å². The highest BCUT2D eigenvalue weighted by Crippen LogP contribution is 2.43. The minimum Gasteiger partial charge on any atom is -0.488 e. The largest absolute Gasteiger partial charge is 0.488 e. The van der Waals surface area contributed by atoms with Crippen LogP contribution in [0, 0.1) is 11.8 Å². The molecule has 1 aliphatic carbocycles. The summed E-state index contributed by atoms with van der Waals surface area (Å²) in [5.74, 6) is -2.04. The summed E-state index contributed by atoms with van der Waals surface area (Å²) in [5, 5.41) is 0. The number of carbonyl (C=O) groups is 1. The van der Waals surface area contributed by atoms with Crippen LogP contribution >= 0.6 is 0 Å². The lowest BCUT2D eigenvalue weighted by atomic mass is 9.71. The SMILES string of the molecule is COC(=O)C(C(F)F)C(c1ccc(OC(C)(C)C)cc1)C1CCCCC1. The molecule has 0 N–H and O–H groups in total. The van der Waals surface area contributed by atoms with Gasteiger partial charge in [-0.25, -0.2) is 8.78 Å². The summed E-state index contributed by atoms with van der Waals surface area (Å²) >= 11 is 0. The Kier molecular flexibility index (Phi) is 7.01. The number of rotatable bonds is 6. The van der Waals surface area contributed by atoms with Crippen molar-refractivity contribution in [1.82, 2.24) is 0 Å². The summed E-state index contributed by atoms with van der Waals surface area (Å²) < 4.78 is 38.1. The van der Waals surface area contributed by atoms with Crippen molar-refractivity contribution in [3.8, 4) is 5.75 Å². The van der Waals surface area contributed by atoms with Crippen LogP contribution in [-0.2, 0) is 9.53 Å². The van der Waals surface area contributed by atoms with Gasteiger partial charge in [0.15, 0.2) is 0 Å². The Morgan fingerprint density at radius 1 is 1.08 bits per heavy atom. The summed E-state index contributed by atoms with van der Waals surface area (Å²) in [7, 11) is 1.18. The van der Waals surface area contributed by atoms with E-state index in [-0.39, 0.29) is 11.5 Å². The van der Waals surface area contributed by atoms with Gasteiger partial charge in [-0.15, -0.1) is 0 Å². The molecule has 146 valence electrons. The van der Waals surface area contributed by atoms with Crippen LogP contribution in [0.15, 0.2) is 24.3 Å². The van der Waals surface area contributed by atoms with Crippen molar-refractivity contribution in [2.75, 3.05) is 7.11 Å². The molecule has 0 spiro atoms. The number of hydrogen-bond acceptors (Lipinski definition) is 3. The van der Waals surface area contributed by atoms with Gasteiger partial charge in [0, 0.05) is 5.92 Å². The summed E-state index contributed by atoms with van der Waals surface area (Å²) in [6.45, 7) is 5.86. The number of esters is 1. The number of halogens is 2. The lowest BCUT2D eigenvalue weighted by Crippen LogP contribution is -2.35. The summed E-state index contributed by atoms with van der Waals surface area (Å²) in [5.41, 5.74) is 0.427. The second kappa shape index (κ2) is 8.83. The monoisotopic (exact) mass is 368 g/mol. The molecule has 1 aromatic carbocycles. The van der Waals surface area contributed by atoms with E-state index in [0.717, 1.165) is 37.7 Å². The molecule has 3 nitrogen and oxygen atoms in total. The van der Waals surface area contributed by atoms with E-state index in [1.54, 1.807) is 12.1 Å². The van der Waals surface area contributed by atoms with Gasteiger partial charge in [-0.05, 0) is 57.2 Å². The molecule has 0 saturated heterocycles. The van der Waals surface area contributed by atoms with Crippen LogP contribution in [0.4, 0.5) is 8.78 Å². The first-order chi connectivity index (χ1) is 12.2. The fourth-order valence-corrected chi connectivity index (χ4v) is 3.92. The zero-order chi connectivity index (χ0) is 19.3. The molecule has 26 heavy (non-hydrogen) atoms. The van der Waals surface area contributed by atoms with Crippen LogP contribution in [0.25, 0.3) is 0 Å². The number of ether oxygens (including phenoxy) is 2. The Hall–Kier alpha value is -1.65. The third-order valence-electron chi connectivity index (χ3n) is 4.98. The Balaban J connectivity index is 2.34. The van der Waals surface area contributed by atoms with Crippen molar-refractivity contribution in [2.24, 2.45) is 11.8 Å². The van der Waals surface area contributed by atoms with Gasteiger partial charge in [0.05, 0.1) is 7.11 Å². The van der Waals surface area contributed by atoms with Gasteiger partial charge in [-0.3, -0.25) is 4.79 Å². The lowest BCUT2D eigenvalue weighted by Gasteiger charge is -2.35. The predicted molar refractivity (Wildman–Crippen MR) is 97.6 cm³/mol. The topological polar surface area (TPSA) is 35.5 Å². The predicted octanol–water partition coefficient (Wildman–Crippen LogP) is 5.58. The van der Waals surface area contributed by atoms with Gasteiger partial charge in [0.25, 0.3) is 6.43 Å². The van der Waals surface area contributed by atoms with Crippen molar-refractivity contribution in [1.29, 1.82) is 0 Å². The second-order valence-electron chi connectivity index (χ2n) is 8.09. The quantitative estimate of drug-likeness (QED) is 0.615. The molecule has 2 atom stereocenters. The minimum absolute atomic E-state index is 0.0660. The molecule has 0 aliphatic heterocycles. The van der Waals surface area contributed by atoms with E-state index in [1.165, 1.54) is 7.11 Å². The molecule has 0 bridgehead atoms. The van der Waals surface area contributed by atoms with Crippen LogP contribution in [0.5, 0.6) is 5.75 Å². The third-order valence-corrected chi connectivity index (χ3v) is 4.98. The molecule has 2 unspecified atom stereocenters. The Morgan fingerprint density at radius 3 is 2.12 bits per heavy atom. The van der Waals surface area contributed by atoms with E-state index in [0.29, 0.717) is 5.75 Å². The van der Waals surface area contributed by atoms with Crippen molar-refractivity contribution >= 4 is 5.97 Å². The number of benzene rings is 1. The summed E-state index contributed by atoms with van der Waals surface area (Å²) in [6, 6.07) is 7.24. The number of hydrogen-bond donors (Lipinski definition) is 0. The molecule has 0 radical (unpaired) electrons. The van der Waals surface area contributed by atoms with Crippen LogP contribution in [0.3, 0.4) is 0 Å². The molecular formula is C21H30F2O3. The molecule has 1 aliphatic rings. The van der Waals surface area contributed by atoms with Gasteiger partial charge < -0.3 is 9.47 Å². The normalized spacial score (nSPS) is 18.4. The maximum Gasteiger partial charge on any atom is 0.315 e. The van der Waals surface area contributed by atoms with Crippen LogP contribution in [-0.4, -0.2) is 25.1 Å². The number of carbonyl (C=O) groups excluding carboxylic acids is 1. The zero-order valence-electron chi connectivity index (χ0n) is 16.1. The van der Waals surface area contributed by atoms with Gasteiger partial charge in [0.1, 0.15) is 17.3 Å². The van der Waals surface area contributed by atoms with Gasteiger partial charge in [-0.2, -0.15) is 0 Å². The van der Waals surface area contributed by atoms with E-state index >= 15 is 0 Å². The molecule has 0 heterocycles. The standard InChI is InChI=1S/C21H30F2O3/c1-21(2,3)26-16-12-10-15(11-13-16)17(14-8-6-5-7-9-14)18(19(22)23)20(24)25-4/h10-14,17-19H,5-9H2,1-4H3. The summed E-state index contributed by atoms with van der Waals surface area (Å²) in [6.07, 6.45) is 2.14. The Bertz CT molecular complexity index is 572. The summed E-state index contributed by atoms with van der Waals surface area (Å²) in [4.78, 5) is 12.1. The van der Waals surface area contributed by atoms with E-state index in [4.69, 9.17) is 9.47 Å². The molecular weight excluding hydrogens is 338 g/mol. The second-order valence-corrected chi connectivity index (χ2v) is 8.09. The molecule has 1 fully saturated rings. The van der Waals surface area contributed by atoms with Crippen molar-refractivity contribution in [3.05, 3.63) is 29.8 Å². The van der Waals surface area contributed by atoms with Crippen molar-refractivity contribution < 1.29 is 23.0 Å². The highest BCUT2D eigenvalue weighted by atomic mass is 19.3. The highest BCUT2D eigenvalue weighted by Gasteiger charge is 2.42. The van der Waals surface area contributed by atoms with E-state index in [9.17, 15) is 13.6 Å². The highest BCUT2D eigenvalue weighted by molar-refractivity contribution is 5.74. The molecule has 2 rings (SSSR count). The molecule has 0 aromatic heterocycles. The maximum atomic E-state index is 13.8. The Morgan fingerprint density at radius 2 is 1.65 bits per heavy atom. The molecule has 1 saturated carbocycles. The van der Waals surface area contributed by atoms with Crippen LogP contribution in [0.1, 0.15) is 64.4 Å². The first kappa shape index (κ1) is 20.7. The maximum absolute atomic E-state index is 13.8. The van der Waals surface area contributed by atoms with E-state index in [1.807, 2.05) is 32.9 Å². The van der Waals surface area contributed by atoms with Crippen LogP contribution in [0.2, 0.25) is 0 Å². The number of methoxy groups -OCH3 is 1. The molecule has 0 amide bonds. The third kappa shape index (κ3) is 5.42. The average molecular weight is 368 g/mol. The zero-order valence-corrected chi connectivity index (χ0v) is 16.1. The average Bonchev–Trinajstić information content (AvgIpc) is 2.59. The fourth-order valence-electron chi connectivity index (χ4n) is 3.92. The van der Waals surface area contributed by atoms with E-state index in [2.05, 4.69) is 0 Å². The number of alkyl halides is 2. The smallest absolute Gasteiger partial charge is 0.315 e. The first-order valence-corrected chi connectivity index (χ1v) is 9.38.